The number of likely N-dealkylation sites (tertiary alicyclic amines) is 1. The fourth-order valence-electron chi connectivity index (χ4n) is 7.58. The van der Waals surface area contributed by atoms with Gasteiger partial charge in [-0.2, -0.15) is 0 Å². The lowest BCUT2D eigenvalue weighted by Gasteiger charge is -2.46. The zero-order valence-corrected chi connectivity index (χ0v) is 27.6. The van der Waals surface area contributed by atoms with Gasteiger partial charge in [-0.15, -0.1) is 0 Å². The number of aromatic nitrogens is 2. The molecule has 246 valence electrons. The highest BCUT2D eigenvalue weighted by atomic mass is 19.1. The molecular weight excluding hydrogens is 574 g/mol. The zero-order chi connectivity index (χ0) is 32.3. The standard InChI is InChI=1S/C35H50F2N6O2/c1-24(2)43(34(45)32-38-14-9-15-39-32)23-31(25-10-7-6-8-11-25)40-16-18-41(19-17-40)33(44)29-22-42(35(3,4)5)21-28(29)27-13-12-26(36)20-30(27)37/h9,12-15,20,24-25,28-29,31H,6-8,10-11,16-19,21-23H2,1-5H3/t28-,29+,31?/m0/s1. The first-order valence-corrected chi connectivity index (χ1v) is 16.7. The summed E-state index contributed by atoms with van der Waals surface area (Å²) >= 11 is 0. The number of carbonyl (C=O) groups is 2. The predicted octanol–water partition coefficient (Wildman–Crippen LogP) is 5.21. The lowest BCUT2D eigenvalue weighted by molar-refractivity contribution is -0.138. The fraction of sp³-hybridized carbons (Fsp3) is 0.657. The predicted molar refractivity (Wildman–Crippen MR) is 171 cm³/mol. The summed E-state index contributed by atoms with van der Waals surface area (Å²) in [5, 5.41) is 0. The SMILES string of the molecule is CC(C)N(CC(C1CCCCC1)N1CCN(C(=O)[C@@H]2CN(C(C)(C)C)C[C@H]2c2ccc(F)cc2F)CC1)C(=O)c1ncccn1. The molecular formula is C35H50F2N6O2. The van der Waals surface area contributed by atoms with E-state index in [1.165, 1.54) is 31.4 Å². The fourth-order valence-corrected chi connectivity index (χ4v) is 7.58. The first kappa shape index (κ1) is 33.4. The van der Waals surface area contributed by atoms with Crippen molar-refractivity contribution in [2.75, 3.05) is 45.8 Å². The average Bonchev–Trinajstić information content (AvgIpc) is 3.48. The van der Waals surface area contributed by atoms with Crippen molar-refractivity contribution in [1.29, 1.82) is 0 Å². The molecule has 2 aliphatic heterocycles. The molecule has 1 unspecified atom stereocenters. The Balaban J connectivity index is 1.31. The van der Waals surface area contributed by atoms with E-state index in [9.17, 15) is 14.0 Å². The molecule has 2 saturated heterocycles. The third-order valence-electron chi connectivity index (χ3n) is 10.3. The number of benzene rings is 1. The van der Waals surface area contributed by atoms with Crippen LogP contribution in [-0.4, -0.2) is 105 Å². The molecule has 0 spiro atoms. The molecule has 3 fully saturated rings. The number of carbonyl (C=O) groups excluding carboxylic acids is 2. The molecule has 1 aromatic heterocycles. The molecule has 45 heavy (non-hydrogen) atoms. The quantitative estimate of drug-likeness (QED) is 0.402. The second-order valence-electron chi connectivity index (χ2n) is 14.4. The molecule has 2 aromatic rings. The van der Waals surface area contributed by atoms with Crippen molar-refractivity contribution in [3.05, 3.63) is 59.7 Å². The molecule has 3 heterocycles. The minimum absolute atomic E-state index is 0.00724. The molecule has 0 N–H and O–H groups in total. The third kappa shape index (κ3) is 7.71. The van der Waals surface area contributed by atoms with Crippen LogP contribution in [0, 0.1) is 23.5 Å². The van der Waals surface area contributed by atoms with Crippen molar-refractivity contribution >= 4 is 11.8 Å². The Morgan fingerprint density at radius 3 is 2.24 bits per heavy atom. The highest BCUT2D eigenvalue weighted by Gasteiger charge is 2.45. The maximum atomic E-state index is 15.0. The number of halogens is 2. The van der Waals surface area contributed by atoms with Crippen molar-refractivity contribution in [3.8, 4) is 0 Å². The van der Waals surface area contributed by atoms with Gasteiger partial charge in [0, 0.05) is 87.8 Å². The largest absolute Gasteiger partial charge is 0.340 e. The van der Waals surface area contributed by atoms with Crippen LogP contribution < -0.4 is 0 Å². The van der Waals surface area contributed by atoms with E-state index in [0.717, 1.165) is 32.0 Å². The third-order valence-corrected chi connectivity index (χ3v) is 10.3. The topological polar surface area (TPSA) is 72.9 Å². The summed E-state index contributed by atoms with van der Waals surface area (Å²) in [7, 11) is 0. The van der Waals surface area contributed by atoms with Crippen molar-refractivity contribution < 1.29 is 18.4 Å². The molecule has 0 bridgehead atoms. The highest BCUT2D eigenvalue weighted by molar-refractivity contribution is 5.90. The average molecular weight is 625 g/mol. The van der Waals surface area contributed by atoms with Crippen LogP contribution in [0.5, 0.6) is 0 Å². The van der Waals surface area contributed by atoms with Gasteiger partial charge in [-0.25, -0.2) is 18.7 Å². The monoisotopic (exact) mass is 624 g/mol. The normalized spacial score (nSPS) is 23.0. The van der Waals surface area contributed by atoms with E-state index in [2.05, 4.69) is 40.5 Å². The Kier molecular flexibility index (Phi) is 10.5. The van der Waals surface area contributed by atoms with Crippen LogP contribution >= 0.6 is 0 Å². The van der Waals surface area contributed by atoms with Gasteiger partial charge >= 0.3 is 0 Å². The van der Waals surface area contributed by atoms with Crippen molar-refractivity contribution in [2.45, 2.75) is 90.3 Å². The van der Waals surface area contributed by atoms with Gasteiger partial charge in [-0.3, -0.25) is 19.4 Å². The number of hydrogen-bond acceptors (Lipinski definition) is 6. The Morgan fingerprint density at radius 2 is 1.64 bits per heavy atom. The summed E-state index contributed by atoms with van der Waals surface area (Å²) < 4.78 is 28.8. The maximum Gasteiger partial charge on any atom is 0.291 e. The Bertz CT molecular complexity index is 1300. The minimum Gasteiger partial charge on any atom is -0.340 e. The molecule has 8 nitrogen and oxygen atoms in total. The van der Waals surface area contributed by atoms with E-state index in [1.54, 1.807) is 18.5 Å². The van der Waals surface area contributed by atoms with Gasteiger partial charge in [-0.1, -0.05) is 25.3 Å². The van der Waals surface area contributed by atoms with E-state index < -0.39 is 17.6 Å². The molecule has 10 heteroatoms. The number of amides is 2. The van der Waals surface area contributed by atoms with Gasteiger partial charge < -0.3 is 9.80 Å². The summed E-state index contributed by atoms with van der Waals surface area (Å²) in [5.74, 6) is -1.33. The smallest absolute Gasteiger partial charge is 0.291 e. The summed E-state index contributed by atoms with van der Waals surface area (Å²) in [4.78, 5) is 44.7. The second kappa shape index (κ2) is 14.2. The van der Waals surface area contributed by atoms with Crippen LogP contribution in [0.25, 0.3) is 0 Å². The Morgan fingerprint density at radius 1 is 0.978 bits per heavy atom. The van der Waals surface area contributed by atoms with E-state index in [1.807, 2.05) is 23.6 Å². The van der Waals surface area contributed by atoms with Gasteiger partial charge in [0.05, 0.1) is 5.92 Å². The van der Waals surface area contributed by atoms with Crippen LogP contribution in [0.3, 0.4) is 0 Å². The molecule has 1 saturated carbocycles. The van der Waals surface area contributed by atoms with Crippen LogP contribution in [0.15, 0.2) is 36.7 Å². The highest BCUT2D eigenvalue weighted by Crippen LogP contribution is 2.39. The van der Waals surface area contributed by atoms with E-state index >= 15 is 4.39 Å². The van der Waals surface area contributed by atoms with Crippen molar-refractivity contribution in [1.82, 2.24) is 29.6 Å². The summed E-state index contributed by atoms with van der Waals surface area (Å²) in [5.41, 5.74) is 0.235. The maximum absolute atomic E-state index is 15.0. The Hall–Kier alpha value is -2.98. The van der Waals surface area contributed by atoms with Gasteiger partial charge in [0.25, 0.3) is 5.91 Å². The van der Waals surface area contributed by atoms with Crippen LogP contribution in [0.1, 0.15) is 88.8 Å². The second-order valence-corrected chi connectivity index (χ2v) is 14.4. The summed E-state index contributed by atoms with van der Waals surface area (Å²) in [6.07, 6.45) is 9.14. The minimum atomic E-state index is -0.609. The molecule has 0 radical (unpaired) electrons. The lowest BCUT2D eigenvalue weighted by Crippen LogP contribution is -2.58. The molecule has 5 rings (SSSR count). The van der Waals surface area contributed by atoms with Crippen molar-refractivity contribution in [3.63, 3.8) is 0 Å². The van der Waals surface area contributed by atoms with E-state index in [0.29, 0.717) is 44.2 Å². The van der Waals surface area contributed by atoms with Gasteiger partial charge in [-0.05, 0) is 71.1 Å². The molecule has 3 aliphatic rings. The van der Waals surface area contributed by atoms with Crippen LogP contribution in [-0.2, 0) is 4.79 Å². The number of piperazine rings is 1. The van der Waals surface area contributed by atoms with Gasteiger partial charge in [0.2, 0.25) is 11.7 Å². The molecule has 1 aromatic carbocycles. The molecule has 3 atom stereocenters. The lowest BCUT2D eigenvalue weighted by atomic mass is 9.82. The van der Waals surface area contributed by atoms with E-state index in [4.69, 9.17) is 0 Å². The first-order valence-electron chi connectivity index (χ1n) is 16.7. The number of nitrogens with zero attached hydrogens (tertiary/aromatic N) is 6. The zero-order valence-electron chi connectivity index (χ0n) is 27.6. The van der Waals surface area contributed by atoms with Crippen LogP contribution in [0.2, 0.25) is 0 Å². The summed E-state index contributed by atoms with van der Waals surface area (Å²) in [6.45, 7) is 14.7. The molecule has 1 aliphatic carbocycles. The number of rotatable bonds is 8. The Labute approximate surface area is 267 Å². The van der Waals surface area contributed by atoms with Crippen LogP contribution in [0.4, 0.5) is 8.78 Å². The van der Waals surface area contributed by atoms with Crippen molar-refractivity contribution in [2.24, 2.45) is 11.8 Å². The van der Waals surface area contributed by atoms with Gasteiger partial charge in [0.15, 0.2) is 0 Å². The molecule has 2 amide bonds. The summed E-state index contributed by atoms with van der Waals surface area (Å²) in [6, 6.07) is 5.62. The first-order chi connectivity index (χ1) is 21.4. The van der Waals surface area contributed by atoms with E-state index in [-0.39, 0.29) is 41.2 Å². The van der Waals surface area contributed by atoms with Gasteiger partial charge in [0.1, 0.15) is 11.6 Å². The number of hydrogen-bond donors (Lipinski definition) is 0.